The summed E-state index contributed by atoms with van der Waals surface area (Å²) in [6.45, 7) is 3.95. The zero-order chi connectivity index (χ0) is 20.5. The molecule has 0 saturated carbocycles. The van der Waals surface area contributed by atoms with Crippen LogP contribution in [-0.4, -0.2) is 24.8 Å². The van der Waals surface area contributed by atoms with Crippen molar-refractivity contribution in [1.29, 1.82) is 0 Å². The van der Waals surface area contributed by atoms with Gasteiger partial charge in [0.2, 0.25) is 5.78 Å². The van der Waals surface area contributed by atoms with Crippen molar-refractivity contribution in [2.24, 2.45) is 0 Å². The largest absolute Gasteiger partial charge is 0.496 e. The van der Waals surface area contributed by atoms with Gasteiger partial charge in [-0.25, -0.2) is 4.79 Å². The average molecular weight is 446 g/mol. The molecule has 0 unspecified atom stereocenters. The first-order chi connectivity index (χ1) is 13.2. The van der Waals surface area contributed by atoms with Crippen LogP contribution in [0.3, 0.4) is 0 Å². The molecule has 1 aliphatic heterocycles. The van der Waals surface area contributed by atoms with Gasteiger partial charge in [-0.1, -0.05) is 35.8 Å². The first-order valence-electron chi connectivity index (χ1n) is 8.69. The molecule has 1 aliphatic rings. The van der Waals surface area contributed by atoms with Crippen LogP contribution in [0.2, 0.25) is 0 Å². The fourth-order valence-corrected chi connectivity index (χ4v) is 3.55. The molecule has 1 amide bonds. The molecule has 0 radical (unpaired) electrons. The Labute approximate surface area is 171 Å². The molecule has 0 aliphatic carbocycles. The summed E-state index contributed by atoms with van der Waals surface area (Å²) < 4.78 is 11.2. The fourth-order valence-electron chi connectivity index (χ4n) is 3.21. The van der Waals surface area contributed by atoms with Crippen LogP contribution in [0.5, 0.6) is 5.75 Å². The van der Waals surface area contributed by atoms with Crippen molar-refractivity contribution in [1.82, 2.24) is 0 Å². The molecule has 0 spiro atoms. The van der Waals surface area contributed by atoms with Gasteiger partial charge in [-0.3, -0.25) is 9.59 Å². The molecular formula is C21H20BrNO5. The highest BCUT2D eigenvalue weighted by molar-refractivity contribution is 9.10. The van der Waals surface area contributed by atoms with Crippen LogP contribution in [0.4, 0.5) is 5.69 Å². The number of cyclic esters (lactones) is 1. The van der Waals surface area contributed by atoms with Crippen molar-refractivity contribution < 1.29 is 23.9 Å². The lowest BCUT2D eigenvalue weighted by atomic mass is 9.79. The molecule has 2 aromatic rings. The summed E-state index contributed by atoms with van der Waals surface area (Å²) in [5.41, 5.74) is 1.86. The lowest BCUT2D eigenvalue weighted by Crippen LogP contribution is -2.30. The van der Waals surface area contributed by atoms with Gasteiger partial charge in [0.25, 0.3) is 5.91 Å². The molecule has 3 rings (SSSR count). The number of hydrogen-bond acceptors (Lipinski definition) is 5. The zero-order valence-electron chi connectivity index (χ0n) is 15.8. The van der Waals surface area contributed by atoms with Gasteiger partial charge in [0.15, 0.2) is 0 Å². The molecule has 0 aromatic heterocycles. The second-order valence-electron chi connectivity index (χ2n) is 7.23. The number of anilines is 1. The van der Waals surface area contributed by atoms with E-state index in [-0.39, 0.29) is 19.0 Å². The standard InChI is InChI=1S/C21H20BrNO5/c1-21(2,16-7-4-13(22)9-18(16)27-3)10-17(24)19(25)23-14-5-6-15-12(8-14)11-28-20(15)26/h4-9H,10-11H2,1-3H3,(H,23,25). The number of halogens is 1. The number of esters is 1. The molecule has 0 bridgehead atoms. The van der Waals surface area contributed by atoms with Gasteiger partial charge in [0, 0.05) is 33.1 Å². The first kappa shape index (κ1) is 20.1. The van der Waals surface area contributed by atoms with Gasteiger partial charge in [-0.15, -0.1) is 0 Å². The van der Waals surface area contributed by atoms with Crippen LogP contribution in [0.15, 0.2) is 40.9 Å². The number of amides is 1. The van der Waals surface area contributed by atoms with E-state index in [1.165, 1.54) is 0 Å². The summed E-state index contributed by atoms with van der Waals surface area (Å²) in [6, 6.07) is 10.4. The zero-order valence-corrected chi connectivity index (χ0v) is 17.4. The molecule has 0 atom stereocenters. The van der Waals surface area contributed by atoms with Crippen LogP contribution in [0.1, 0.15) is 41.8 Å². The Bertz CT molecular complexity index is 967. The molecular weight excluding hydrogens is 426 g/mol. The Kier molecular flexibility index (Phi) is 5.56. The predicted octanol–water partition coefficient (Wildman–Crippen LogP) is 4.00. The fraction of sp³-hybridized carbons (Fsp3) is 0.286. The number of carbonyl (C=O) groups excluding carboxylic acids is 3. The number of ether oxygens (including phenoxy) is 2. The monoisotopic (exact) mass is 445 g/mol. The summed E-state index contributed by atoms with van der Waals surface area (Å²) in [5.74, 6) is -0.970. The molecule has 0 fully saturated rings. The summed E-state index contributed by atoms with van der Waals surface area (Å²) in [7, 11) is 1.57. The Hall–Kier alpha value is -2.67. The Balaban J connectivity index is 1.72. The van der Waals surface area contributed by atoms with Gasteiger partial charge in [0.05, 0.1) is 12.7 Å². The maximum absolute atomic E-state index is 12.5. The highest BCUT2D eigenvalue weighted by atomic mass is 79.9. The summed E-state index contributed by atoms with van der Waals surface area (Å²) in [5, 5.41) is 2.60. The minimum atomic E-state index is -0.700. The van der Waals surface area contributed by atoms with E-state index in [0.29, 0.717) is 22.6 Å². The van der Waals surface area contributed by atoms with E-state index in [2.05, 4.69) is 21.2 Å². The quantitative estimate of drug-likeness (QED) is 0.536. The van der Waals surface area contributed by atoms with Crippen LogP contribution in [0.25, 0.3) is 0 Å². The van der Waals surface area contributed by atoms with E-state index >= 15 is 0 Å². The van der Waals surface area contributed by atoms with E-state index in [4.69, 9.17) is 9.47 Å². The van der Waals surface area contributed by atoms with E-state index in [0.717, 1.165) is 10.0 Å². The van der Waals surface area contributed by atoms with E-state index in [9.17, 15) is 14.4 Å². The van der Waals surface area contributed by atoms with E-state index in [1.54, 1.807) is 25.3 Å². The Morgan fingerprint density at radius 1 is 1.21 bits per heavy atom. The number of benzene rings is 2. The minimum absolute atomic E-state index is 0.0172. The minimum Gasteiger partial charge on any atom is -0.496 e. The lowest BCUT2D eigenvalue weighted by molar-refractivity contribution is -0.135. The third-order valence-electron chi connectivity index (χ3n) is 4.69. The smallest absolute Gasteiger partial charge is 0.338 e. The van der Waals surface area contributed by atoms with Gasteiger partial charge in [-0.2, -0.15) is 0 Å². The predicted molar refractivity (Wildman–Crippen MR) is 108 cm³/mol. The van der Waals surface area contributed by atoms with Crippen LogP contribution >= 0.6 is 15.9 Å². The summed E-state index contributed by atoms with van der Waals surface area (Å²) in [4.78, 5) is 36.4. The van der Waals surface area contributed by atoms with Crippen LogP contribution in [-0.2, 0) is 26.3 Å². The van der Waals surface area contributed by atoms with Crippen molar-refractivity contribution in [2.45, 2.75) is 32.3 Å². The van der Waals surface area contributed by atoms with Crippen molar-refractivity contribution in [3.63, 3.8) is 0 Å². The van der Waals surface area contributed by atoms with Crippen LogP contribution < -0.4 is 10.1 Å². The third kappa shape index (κ3) is 4.09. The number of ketones is 1. The average Bonchev–Trinajstić information content (AvgIpc) is 3.01. The van der Waals surface area contributed by atoms with Crippen molar-refractivity contribution >= 4 is 39.3 Å². The van der Waals surface area contributed by atoms with Crippen molar-refractivity contribution in [3.8, 4) is 5.75 Å². The number of carbonyl (C=O) groups is 3. The molecule has 7 heteroatoms. The first-order valence-corrected chi connectivity index (χ1v) is 9.49. The van der Waals surface area contributed by atoms with Gasteiger partial charge < -0.3 is 14.8 Å². The molecule has 6 nitrogen and oxygen atoms in total. The van der Waals surface area contributed by atoms with E-state index < -0.39 is 17.1 Å². The molecule has 28 heavy (non-hydrogen) atoms. The lowest BCUT2D eigenvalue weighted by Gasteiger charge is -2.26. The number of fused-ring (bicyclic) bond motifs is 1. The molecule has 0 saturated heterocycles. The van der Waals surface area contributed by atoms with Crippen LogP contribution in [0, 0.1) is 0 Å². The molecule has 1 heterocycles. The molecule has 2 aromatic carbocycles. The maximum atomic E-state index is 12.5. The summed E-state index contributed by atoms with van der Waals surface area (Å²) in [6.07, 6.45) is 0.0172. The van der Waals surface area contributed by atoms with Crippen molar-refractivity contribution in [3.05, 3.63) is 57.6 Å². The second-order valence-corrected chi connectivity index (χ2v) is 8.15. The highest BCUT2D eigenvalue weighted by Gasteiger charge is 2.30. The second kappa shape index (κ2) is 7.75. The van der Waals surface area contributed by atoms with E-state index in [1.807, 2.05) is 32.0 Å². The molecule has 1 N–H and O–H groups in total. The Morgan fingerprint density at radius 2 is 1.96 bits per heavy atom. The Morgan fingerprint density at radius 3 is 2.68 bits per heavy atom. The molecule has 146 valence electrons. The number of Topliss-reactive ketones (excluding diaryl/α,β-unsaturated/α-hetero) is 1. The van der Waals surface area contributed by atoms with Gasteiger partial charge in [-0.05, 0) is 30.3 Å². The maximum Gasteiger partial charge on any atom is 0.338 e. The topological polar surface area (TPSA) is 81.7 Å². The SMILES string of the molecule is COc1cc(Br)ccc1C(C)(C)CC(=O)C(=O)Nc1ccc2c(c1)COC2=O. The summed E-state index contributed by atoms with van der Waals surface area (Å²) >= 11 is 3.40. The number of nitrogens with one attached hydrogen (secondary N) is 1. The number of hydrogen-bond donors (Lipinski definition) is 1. The van der Waals surface area contributed by atoms with Gasteiger partial charge in [0.1, 0.15) is 12.4 Å². The number of methoxy groups -OCH3 is 1. The number of rotatable bonds is 6. The van der Waals surface area contributed by atoms with Crippen molar-refractivity contribution in [2.75, 3.05) is 12.4 Å². The van der Waals surface area contributed by atoms with Gasteiger partial charge >= 0.3 is 5.97 Å². The highest BCUT2D eigenvalue weighted by Crippen LogP contribution is 2.36. The normalized spacial score (nSPS) is 12.9. The third-order valence-corrected chi connectivity index (χ3v) is 5.18.